The number of hydrogen-bond acceptors (Lipinski definition) is 4. The highest BCUT2D eigenvalue weighted by Gasteiger charge is 2.25. The van der Waals surface area contributed by atoms with Crippen molar-refractivity contribution >= 4 is 35.8 Å². The van der Waals surface area contributed by atoms with Crippen LogP contribution in [0.1, 0.15) is 43.0 Å². The molecule has 0 saturated carbocycles. The van der Waals surface area contributed by atoms with Gasteiger partial charge < -0.3 is 10.6 Å². The molecule has 8 heteroatoms. The molecule has 2 aliphatic heterocycles. The van der Waals surface area contributed by atoms with Crippen molar-refractivity contribution in [2.45, 2.75) is 44.7 Å². The Hall–Kier alpha value is -2.12. The van der Waals surface area contributed by atoms with E-state index in [0.29, 0.717) is 11.3 Å². The molecule has 3 amide bonds. The molecule has 136 valence electrons. The molecule has 7 nitrogen and oxygen atoms in total. The molecule has 25 heavy (non-hydrogen) atoms. The number of rotatable bonds is 3. The first-order valence-corrected chi connectivity index (χ1v) is 8.31. The smallest absolute Gasteiger partial charge is 0.251 e. The molecule has 2 fully saturated rings. The minimum absolute atomic E-state index is 0. The van der Waals surface area contributed by atoms with Crippen LogP contribution in [-0.2, 0) is 9.59 Å². The van der Waals surface area contributed by atoms with Gasteiger partial charge in [-0.1, -0.05) is 0 Å². The van der Waals surface area contributed by atoms with Crippen LogP contribution in [0.25, 0.3) is 0 Å². The van der Waals surface area contributed by atoms with Crippen molar-refractivity contribution in [1.82, 2.24) is 16.1 Å². The van der Waals surface area contributed by atoms with E-state index >= 15 is 0 Å². The normalized spacial score (nSPS) is 23.5. The van der Waals surface area contributed by atoms with Gasteiger partial charge >= 0.3 is 0 Å². The number of benzene rings is 1. The summed E-state index contributed by atoms with van der Waals surface area (Å²) < 4.78 is 0. The zero-order valence-corrected chi connectivity index (χ0v) is 14.9. The number of hydrazine groups is 1. The van der Waals surface area contributed by atoms with E-state index in [1.807, 2.05) is 0 Å². The SMILES string of the molecule is CC1NCCCC1NC(=O)c1ccc(N2NC(=O)CCC2=O)cc1.Cl. The van der Waals surface area contributed by atoms with Crippen LogP contribution in [0.2, 0.25) is 0 Å². The lowest BCUT2D eigenvalue weighted by atomic mass is 9.99. The maximum absolute atomic E-state index is 12.4. The van der Waals surface area contributed by atoms with Crippen LogP contribution in [-0.4, -0.2) is 36.3 Å². The summed E-state index contributed by atoms with van der Waals surface area (Å²) in [6.07, 6.45) is 2.42. The molecule has 0 aromatic heterocycles. The van der Waals surface area contributed by atoms with Crippen molar-refractivity contribution < 1.29 is 14.4 Å². The molecule has 2 aliphatic rings. The van der Waals surface area contributed by atoms with E-state index in [1.165, 1.54) is 5.01 Å². The third kappa shape index (κ3) is 4.49. The maximum atomic E-state index is 12.4. The van der Waals surface area contributed by atoms with Gasteiger partial charge in [-0.15, -0.1) is 12.4 Å². The number of nitrogens with one attached hydrogen (secondary N) is 3. The molecule has 0 radical (unpaired) electrons. The lowest BCUT2D eigenvalue weighted by Gasteiger charge is -2.30. The predicted molar refractivity (Wildman–Crippen MR) is 96.5 cm³/mol. The van der Waals surface area contributed by atoms with Crippen LogP contribution in [0.15, 0.2) is 24.3 Å². The van der Waals surface area contributed by atoms with Crippen molar-refractivity contribution in [3.63, 3.8) is 0 Å². The summed E-state index contributed by atoms with van der Waals surface area (Å²) in [7, 11) is 0. The lowest BCUT2D eigenvalue weighted by Crippen LogP contribution is -2.52. The average molecular weight is 367 g/mol. The fourth-order valence-corrected chi connectivity index (χ4v) is 3.04. The van der Waals surface area contributed by atoms with Crippen molar-refractivity contribution in [2.75, 3.05) is 11.6 Å². The molecule has 3 rings (SSSR count). The Morgan fingerprint density at radius 2 is 1.92 bits per heavy atom. The Morgan fingerprint density at radius 1 is 1.20 bits per heavy atom. The zero-order valence-electron chi connectivity index (χ0n) is 14.1. The molecular weight excluding hydrogens is 344 g/mol. The Balaban J connectivity index is 0.00000225. The predicted octanol–water partition coefficient (Wildman–Crippen LogP) is 1.14. The van der Waals surface area contributed by atoms with E-state index in [4.69, 9.17) is 0 Å². The van der Waals surface area contributed by atoms with Gasteiger partial charge in [0.1, 0.15) is 0 Å². The number of carbonyl (C=O) groups is 3. The second kappa shape index (κ2) is 8.31. The monoisotopic (exact) mass is 366 g/mol. The van der Waals surface area contributed by atoms with Gasteiger partial charge in [-0.2, -0.15) is 0 Å². The van der Waals surface area contributed by atoms with E-state index < -0.39 is 0 Å². The minimum Gasteiger partial charge on any atom is -0.348 e. The Kier molecular flexibility index (Phi) is 6.39. The number of amides is 3. The number of hydrogen-bond donors (Lipinski definition) is 3. The van der Waals surface area contributed by atoms with E-state index in [1.54, 1.807) is 24.3 Å². The van der Waals surface area contributed by atoms with E-state index in [0.717, 1.165) is 19.4 Å². The molecule has 2 saturated heterocycles. The topological polar surface area (TPSA) is 90.5 Å². The van der Waals surface area contributed by atoms with Crippen LogP contribution < -0.4 is 21.1 Å². The van der Waals surface area contributed by atoms with Gasteiger partial charge in [0.25, 0.3) is 5.91 Å². The van der Waals surface area contributed by atoms with E-state index in [-0.39, 0.29) is 55.1 Å². The first kappa shape index (κ1) is 19.2. The molecule has 0 aliphatic carbocycles. The maximum Gasteiger partial charge on any atom is 0.251 e. The third-order valence-corrected chi connectivity index (χ3v) is 4.52. The molecule has 1 aromatic rings. The van der Waals surface area contributed by atoms with Crippen LogP contribution in [0.5, 0.6) is 0 Å². The molecule has 3 N–H and O–H groups in total. The lowest BCUT2D eigenvalue weighted by molar-refractivity contribution is -0.130. The second-order valence-corrected chi connectivity index (χ2v) is 6.28. The summed E-state index contributed by atoms with van der Waals surface area (Å²) in [5, 5.41) is 7.64. The number of nitrogens with zero attached hydrogens (tertiary/aromatic N) is 1. The fraction of sp³-hybridized carbons (Fsp3) is 0.471. The van der Waals surface area contributed by atoms with Crippen LogP contribution in [0, 0.1) is 0 Å². The molecule has 0 bridgehead atoms. The van der Waals surface area contributed by atoms with E-state index in [2.05, 4.69) is 23.0 Å². The van der Waals surface area contributed by atoms with Gasteiger partial charge in [-0.3, -0.25) is 19.8 Å². The Morgan fingerprint density at radius 3 is 2.60 bits per heavy atom. The van der Waals surface area contributed by atoms with Gasteiger partial charge in [-0.25, -0.2) is 5.01 Å². The van der Waals surface area contributed by atoms with Crippen molar-refractivity contribution in [2.24, 2.45) is 0 Å². The number of carbonyl (C=O) groups excluding carboxylic acids is 3. The largest absolute Gasteiger partial charge is 0.348 e. The summed E-state index contributed by atoms with van der Waals surface area (Å²) in [4.78, 5) is 35.7. The number of anilines is 1. The average Bonchev–Trinajstić information content (AvgIpc) is 2.59. The van der Waals surface area contributed by atoms with Gasteiger partial charge in [-0.05, 0) is 50.6 Å². The molecule has 0 spiro atoms. The summed E-state index contributed by atoms with van der Waals surface area (Å²) >= 11 is 0. The molecule has 2 unspecified atom stereocenters. The fourth-order valence-electron chi connectivity index (χ4n) is 3.04. The van der Waals surface area contributed by atoms with Crippen LogP contribution in [0.4, 0.5) is 5.69 Å². The summed E-state index contributed by atoms with van der Waals surface area (Å²) in [5.74, 6) is -0.472. The number of piperidine rings is 1. The molecule has 2 heterocycles. The van der Waals surface area contributed by atoms with Gasteiger partial charge in [0, 0.05) is 30.5 Å². The Labute approximate surface area is 152 Å². The summed E-state index contributed by atoms with van der Waals surface area (Å²) in [5.41, 5.74) is 3.63. The quantitative estimate of drug-likeness (QED) is 0.748. The van der Waals surface area contributed by atoms with E-state index in [9.17, 15) is 14.4 Å². The first-order valence-electron chi connectivity index (χ1n) is 8.31. The first-order chi connectivity index (χ1) is 11.5. The van der Waals surface area contributed by atoms with Crippen LogP contribution >= 0.6 is 12.4 Å². The minimum atomic E-state index is -0.185. The van der Waals surface area contributed by atoms with Crippen molar-refractivity contribution in [1.29, 1.82) is 0 Å². The van der Waals surface area contributed by atoms with Crippen molar-refractivity contribution in [3.8, 4) is 0 Å². The zero-order chi connectivity index (χ0) is 17.1. The Bertz CT molecular complexity index is 650. The second-order valence-electron chi connectivity index (χ2n) is 6.28. The van der Waals surface area contributed by atoms with Gasteiger partial charge in [0.2, 0.25) is 11.8 Å². The number of halogens is 1. The van der Waals surface area contributed by atoms with Crippen molar-refractivity contribution in [3.05, 3.63) is 29.8 Å². The standard InChI is InChI=1S/C17H22N4O3.ClH/c1-11-14(3-2-10-18-11)19-17(24)12-4-6-13(7-5-12)21-16(23)9-8-15(22)20-21;/h4-7,11,14,18H,2-3,8-10H2,1H3,(H,19,24)(H,20,22);1H. The van der Waals surface area contributed by atoms with Crippen LogP contribution in [0.3, 0.4) is 0 Å². The highest BCUT2D eigenvalue weighted by molar-refractivity contribution is 6.01. The van der Waals surface area contributed by atoms with Gasteiger partial charge in [0.05, 0.1) is 5.69 Å². The summed E-state index contributed by atoms with van der Waals surface area (Å²) in [6.45, 7) is 3.05. The highest BCUT2D eigenvalue weighted by atomic mass is 35.5. The molecule has 1 aromatic carbocycles. The molecule has 2 atom stereocenters. The molecular formula is C17H23ClN4O3. The third-order valence-electron chi connectivity index (χ3n) is 4.52. The highest BCUT2D eigenvalue weighted by Crippen LogP contribution is 2.18. The summed E-state index contributed by atoms with van der Waals surface area (Å²) in [6, 6.07) is 7.04. The van der Waals surface area contributed by atoms with Gasteiger partial charge in [0.15, 0.2) is 0 Å².